The lowest BCUT2D eigenvalue weighted by molar-refractivity contribution is 0.0115. The minimum Gasteiger partial charge on any atom is -0.327 e. The molecule has 0 aromatic heterocycles. The molecule has 1 aliphatic heterocycles. The average molecular weight is 289 g/mol. The maximum absolute atomic E-state index is 13.2. The zero-order valence-electron chi connectivity index (χ0n) is 11.0. The molecule has 2 rings (SSSR count). The zero-order chi connectivity index (χ0) is 14.0. The van der Waals surface area contributed by atoms with Crippen molar-refractivity contribution >= 4 is 11.6 Å². The smallest absolute Gasteiger partial charge is 0.261 e. The number of hydrogen-bond acceptors (Lipinski definition) is 2. The molecule has 1 aromatic rings. The van der Waals surface area contributed by atoms with Crippen LogP contribution in [0.15, 0.2) is 24.3 Å². The highest BCUT2D eigenvalue weighted by Crippen LogP contribution is 2.30. The first-order chi connectivity index (χ1) is 8.87. The van der Waals surface area contributed by atoms with Crippen LogP contribution in [-0.4, -0.2) is 36.5 Å². The highest BCUT2D eigenvalue weighted by atomic mass is 35.5. The second-order valence-electron chi connectivity index (χ2n) is 5.36. The van der Waals surface area contributed by atoms with Gasteiger partial charge in [0, 0.05) is 36.5 Å². The van der Waals surface area contributed by atoms with Crippen LogP contribution in [0.1, 0.15) is 24.8 Å². The molecule has 1 fully saturated rings. The van der Waals surface area contributed by atoms with E-state index in [4.69, 9.17) is 17.3 Å². The Morgan fingerprint density at radius 1 is 1.37 bits per heavy atom. The molecular weight excluding hydrogens is 270 g/mol. The molecule has 1 heterocycles. The van der Waals surface area contributed by atoms with Gasteiger partial charge in [0.1, 0.15) is 0 Å². The number of benzene rings is 1. The van der Waals surface area contributed by atoms with E-state index >= 15 is 0 Å². The molecular formula is C14H19ClF2N2. The molecule has 0 amide bonds. The van der Waals surface area contributed by atoms with Crippen molar-refractivity contribution in [3.05, 3.63) is 34.9 Å². The van der Waals surface area contributed by atoms with Gasteiger partial charge in [0.2, 0.25) is 0 Å². The molecule has 0 spiro atoms. The van der Waals surface area contributed by atoms with Gasteiger partial charge < -0.3 is 5.73 Å². The summed E-state index contributed by atoms with van der Waals surface area (Å²) < 4.78 is 26.4. The standard InChI is InChI=1S/C14H19ClF2N2/c1-10(18)13(11-2-4-12(15)5-3-11)8-19-7-6-14(16,17)9-19/h2-5,10,13H,6-9,18H2,1H3. The van der Waals surface area contributed by atoms with Gasteiger partial charge in [-0.05, 0) is 24.6 Å². The Bertz CT molecular complexity index is 420. The topological polar surface area (TPSA) is 29.3 Å². The van der Waals surface area contributed by atoms with Crippen LogP contribution in [0.25, 0.3) is 0 Å². The molecule has 5 heteroatoms. The van der Waals surface area contributed by atoms with Crippen LogP contribution in [0.4, 0.5) is 8.78 Å². The maximum atomic E-state index is 13.2. The van der Waals surface area contributed by atoms with Crippen LogP contribution in [0, 0.1) is 0 Å². The van der Waals surface area contributed by atoms with E-state index in [2.05, 4.69) is 0 Å². The normalized spacial score (nSPS) is 22.4. The number of rotatable bonds is 4. The van der Waals surface area contributed by atoms with Crippen LogP contribution in [0.2, 0.25) is 5.02 Å². The number of nitrogens with zero attached hydrogens (tertiary/aromatic N) is 1. The molecule has 0 radical (unpaired) electrons. The van der Waals surface area contributed by atoms with Gasteiger partial charge in [-0.2, -0.15) is 0 Å². The van der Waals surface area contributed by atoms with Crippen LogP contribution >= 0.6 is 11.6 Å². The third-order valence-electron chi connectivity index (χ3n) is 3.64. The maximum Gasteiger partial charge on any atom is 0.261 e. The van der Waals surface area contributed by atoms with E-state index in [0.29, 0.717) is 18.1 Å². The van der Waals surface area contributed by atoms with Crippen molar-refractivity contribution in [1.29, 1.82) is 0 Å². The fraction of sp³-hybridized carbons (Fsp3) is 0.571. The van der Waals surface area contributed by atoms with Crippen molar-refractivity contribution in [2.24, 2.45) is 5.73 Å². The summed E-state index contributed by atoms with van der Waals surface area (Å²) in [6.07, 6.45) is -0.0563. The number of hydrogen-bond donors (Lipinski definition) is 1. The van der Waals surface area contributed by atoms with Gasteiger partial charge in [0.25, 0.3) is 5.92 Å². The van der Waals surface area contributed by atoms with Gasteiger partial charge in [-0.25, -0.2) is 8.78 Å². The van der Waals surface area contributed by atoms with E-state index in [-0.39, 0.29) is 24.9 Å². The number of alkyl halides is 2. The summed E-state index contributed by atoms with van der Waals surface area (Å²) in [7, 11) is 0. The second kappa shape index (κ2) is 5.73. The van der Waals surface area contributed by atoms with Crippen molar-refractivity contribution in [1.82, 2.24) is 4.90 Å². The molecule has 0 saturated carbocycles. The quantitative estimate of drug-likeness (QED) is 0.922. The summed E-state index contributed by atoms with van der Waals surface area (Å²) in [5.41, 5.74) is 7.06. The lowest BCUT2D eigenvalue weighted by Crippen LogP contribution is -2.36. The Balaban J connectivity index is 2.07. The fourth-order valence-electron chi connectivity index (χ4n) is 2.53. The van der Waals surface area contributed by atoms with Crippen LogP contribution < -0.4 is 5.73 Å². The molecule has 2 nitrogen and oxygen atoms in total. The summed E-state index contributed by atoms with van der Waals surface area (Å²) in [6.45, 7) is 2.75. The van der Waals surface area contributed by atoms with E-state index in [9.17, 15) is 8.78 Å². The zero-order valence-corrected chi connectivity index (χ0v) is 11.7. The largest absolute Gasteiger partial charge is 0.327 e. The molecule has 19 heavy (non-hydrogen) atoms. The van der Waals surface area contributed by atoms with Gasteiger partial charge >= 0.3 is 0 Å². The van der Waals surface area contributed by atoms with Crippen molar-refractivity contribution in [3.63, 3.8) is 0 Å². The molecule has 1 aliphatic rings. The molecule has 2 atom stereocenters. The number of likely N-dealkylation sites (tertiary alicyclic amines) is 1. The molecule has 106 valence electrons. The molecule has 1 saturated heterocycles. The highest BCUT2D eigenvalue weighted by Gasteiger charge is 2.39. The van der Waals surface area contributed by atoms with E-state index < -0.39 is 5.92 Å². The van der Waals surface area contributed by atoms with Crippen molar-refractivity contribution in [3.8, 4) is 0 Å². The lowest BCUT2D eigenvalue weighted by Gasteiger charge is -2.27. The Kier molecular flexibility index (Phi) is 4.43. The van der Waals surface area contributed by atoms with E-state index in [1.54, 1.807) is 4.90 Å². The van der Waals surface area contributed by atoms with E-state index in [1.807, 2.05) is 31.2 Å². The Morgan fingerprint density at radius 3 is 2.47 bits per heavy atom. The predicted molar refractivity (Wildman–Crippen MR) is 73.8 cm³/mol. The number of halogens is 3. The summed E-state index contributed by atoms with van der Waals surface area (Å²) in [4.78, 5) is 1.79. The molecule has 2 unspecified atom stereocenters. The van der Waals surface area contributed by atoms with Crippen molar-refractivity contribution in [2.45, 2.75) is 31.2 Å². The minimum atomic E-state index is -2.55. The van der Waals surface area contributed by atoms with E-state index in [0.717, 1.165) is 5.56 Å². The first kappa shape index (κ1) is 14.7. The van der Waals surface area contributed by atoms with Crippen LogP contribution in [0.5, 0.6) is 0 Å². The third kappa shape index (κ3) is 3.88. The average Bonchev–Trinajstić information content (AvgIpc) is 2.67. The van der Waals surface area contributed by atoms with Crippen LogP contribution in [-0.2, 0) is 0 Å². The second-order valence-corrected chi connectivity index (χ2v) is 5.79. The highest BCUT2D eigenvalue weighted by molar-refractivity contribution is 6.30. The lowest BCUT2D eigenvalue weighted by atomic mass is 9.92. The van der Waals surface area contributed by atoms with Gasteiger partial charge in [0.15, 0.2) is 0 Å². The SMILES string of the molecule is CC(N)C(CN1CCC(F)(F)C1)c1ccc(Cl)cc1. The predicted octanol–water partition coefficient (Wildman–Crippen LogP) is 3.11. The van der Waals surface area contributed by atoms with Gasteiger partial charge in [-0.15, -0.1) is 0 Å². The van der Waals surface area contributed by atoms with Crippen molar-refractivity contribution in [2.75, 3.05) is 19.6 Å². The monoisotopic (exact) mass is 288 g/mol. The minimum absolute atomic E-state index is 0.0474. The molecule has 1 aromatic carbocycles. The fourth-order valence-corrected chi connectivity index (χ4v) is 2.65. The molecule has 0 aliphatic carbocycles. The Hall–Kier alpha value is -0.710. The van der Waals surface area contributed by atoms with Crippen molar-refractivity contribution < 1.29 is 8.78 Å². The van der Waals surface area contributed by atoms with Crippen LogP contribution in [0.3, 0.4) is 0 Å². The summed E-state index contributed by atoms with van der Waals surface area (Å²) in [5.74, 6) is -2.51. The molecule has 0 bridgehead atoms. The first-order valence-electron chi connectivity index (χ1n) is 6.49. The van der Waals surface area contributed by atoms with Gasteiger partial charge in [0.05, 0.1) is 6.54 Å². The van der Waals surface area contributed by atoms with Gasteiger partial charge in [-0.3, -0.25) is 4.90 Å². The number of nitrogens with two attached hydrogens (primary N) is 1. The first-order valence-corrected chi connectivity index (χ1v) is 6.86. The Labute approximate surface area is 117 Å². The van der Waals surface area contributed by atoms with E-state index in [1.165, 1.54) is 0 Å². The summed E-state index contributed by atoms with van der Waals surface area (Å²) >= 11 is 5.86. The molecule has 2 N–H and O–H groups in total. The van der Waals surface area contributed by atoms with Gasteiger partial charge in [-0.1, -0.05) is 23.7 Å². The third-order valence-corrected chi connectivity index (χ3v) is 3.89. The Morgan fingerprint density at radius 2 is 2.00 bits per heavy atom. The summed E-state index contributed by atoms with van der Waals surface area (Å²) in [5, 5.41) is 0.667. The summed E-state index contributed by atoms with van der Waals surface area (Å²) in [6, 6.07) is 7.38.